The molecule has 0 aliphatic carbocycles. The molecule has 4 heteroatoms. The van der Waals surface area contributed by atoms with Gasteiger partial charge < -0.3 is 4.90 Å². The van der Waals surface area contributed by atoms with Crippen LogP contribution in [-0.4, -0.2) is 35.7 Å². The first-order valence-corrected chi connectivity index (χ1v) is 3.99. The number of amides is 1. The number of carbonyl (C=O) groups is 1. The fourth-order valence-corrected chi connectivity index (χ4v) is 0.786. The van der Waals surface area contributed by atoms with Crippen LogP contribution in [0.1, 0.15) is 0 Å². The summed E-state index contributed by atoms with van der Waals surface area (Å²) in [7, 11) is 0. The summed E-state index contributed by atoms with van der Waals surface area (Å²) >= 11 is 0. The number of pyridine rings is 1. The molecular formula is C9H11N3O. The zero-order valence-corrected chi connectivity index (χ0v) is 7.21. The zero-order chi connectivity index (χ0) is 9.36. The lowest BCUT2D eigenvalue weighted by Crippen LogP contribution is -2.16. The second-order valence-electron chi connectivity index (χ2n) is 2.39. The Labute approximate surface area is 76.9 Å². The van der Waals surface area contributed by atoms with Crippen molar-refractivity contribution in [3.63, 3.8) is 0 Å². The molecule has 13 heavy (non-hydrogen) atoms. The standard InChI is InChI=1S/C5H5N.C4H6N2O/c1-2-4-6-5-3-1;7-4-6-2-1-5-3-6/h1-5H;3-4H,1-2H2. The third-order valence-corrected chi connectivity index (χ3v) is 1.42. The average molecular weight is 177 g/mol. The second-order valence-corrected chi connectivity index (χ2v) is 2.39. The SMILES string of the molecule is O=CN1C=NCC1.c1ccncc1. The molecule has 0 aromatic carbocycles. The molecule has 0 fully saturated rings. The molecule has 1 aliphatic heterocycles. The number of rotatable bonds is 1. The fraction of sp³-hybridized carbons (Fsp3) is 0.222. The van der Waals surface area contributed by atoms with Crippen LogP contribution in [-0.2, 0) is 4.79 Å². The molecule has 0 atom stereocenters. The van der Waals surface area contributed by atoms with Crippen LogP contribution in [0.25, 0.3) is 0 Å². The quantitative estimate of drug-likeness (QED) is 0.589. The summed E-state index contributed by atoms with van der Waals surface area (Å²) in [5, 5.41) is 0. The summed E-state index contributed by atoms with van der Waals surface area (Å²) in [6.07, 6.45) is 5.82. The Hall–Kier alpha value is -1.71. The first kappa shape index (κ1) is 9.38. The number of hydrogen-bond donors (Lipinski definition) is 0. The van der Waals surface area contributed by atoms with Crippen molar-refractivity contribution in [1.82, 2.24) is 9.88 Å². The maximum atomic E-state index is 9.84. The molecule has 0 radical (unpaired) electrons. The minimum atomic E-state index is 0.753. The summed E-state index contributed by atoms with van der Waals surface area (Å²) in [4.78, 5) is 18.9. The van der Waals surface area contributed by atoms with Gasteiger partial charge in [0.2, 0.25) is 6.41 Å². The van der Waals surface area contributed by atoms with Crippen LogP contribution >= 0.6 is 0 Å². The molecular weight excluding hydrogens is 166 g/mol. The van der Waals surface area contributed by atoms with Gasteiger partial charge in [-0.25, -0.2) is 0 Å². The van der Waals surface area contributed by atoms with Crippen LogP contribution in [0.3, 0.4) is 0 Å². The first-order chi connectivity index (χ1) is 6.43. The van der Waals surface area contributed by atoms with Gasteiger partial charge in [0.05, 0.1) is 12.9 Å². The Balaban J connectivity index is 0.000000132. The van der Waals surface area contributed by atoms with Crippen molar-refractivity contribution in [3.05, 3.63) is 30.6 Å². The number of aromatic nitrogens is 1. The summed E-state index contributed by atoms with van der Waals surface area (Å²) in [6.45, 7) is 1.52. The molecule has 2 heterocycles. The van der Waals surface area contributed by atoms with E-state index in [4.69, 9.17) is 0 Å². The van der Waals surface area contributed by atoms with Gasteiger partial charge in [-0.2, -0.15) is 0 Å². The maximum absolute atomic E-state index is 9.84. The van der Waals surface area contributed by atoms with Crippen molar-refractivity contribution in [2.45, 2.75) is 0 Å². The van der Waals surface area contributed by atoms with Crippen LogP contribution in [0.4, 0.5) is 0 Å². The van der Waals surface area contributed by atoms with E-state index in [1.807, 2.05) is 18.2 Å². The third kappa shape index (κ3) is 4.00. The van der Waals surface area contributed by atoms with Gasteiger partial charge in [0.15, 0.2) is 0 Å². The molecule has 0 spiro atoms. The van der Waals surface area contributed by atoms with E-state index in [1.54, 1.807) is 18.7 Å². The van der Waals surface area contributed by atoms with Crippen molar-refractivity contribution < 1.29 is 4.79 Å². The number of hydrogen-bond acceptors (Lipinski definition) is 3. The highest BCUT2D eigenvalue weighted by Gasteiger charge is 1.99. The van der Waals surface area contributed by atoms with Gasteiger partial charge in [-0.15, -0.1) is 0 Å². The molecule has 68 valence electrons. The highest BCUT2D eigenvalue weighted by molar-refractivity contribution is 5.73. The molecule has 1 amide bonds. The van der Waals surface area contributed by atoms with E-state index in [0.29, 0.717) is 0 Å². The highest BCUT2D eigenvalue weighted by Crippen LogP contribution is 1.85. The topological polar surface area (TPSA) is 45.6 Å². The van der Waals surface area contributed by atoms with Gasteiger partial charge in [0.1, 0.15) is 0 Å². The first-order valence-electron chi connectivity index (χ1n) is 3.99. The van der Waals surface area contributed by atoms with E-state index >= 15 is 0 Å². The monoisotopic (exact) mass is 177 g/mol. The van der Waals surface area contributed by atoms with Crippen molar-refractivity contribution in [2.75, 3.05) is 13.1 Å². The fourth-order valence-electron chi connectivity index (χ4n) is 0.786. The molecule has 4 nitrogen and oxygen atoms in total. The van der Waals surface area contributed by atoms with Gasteiger partial charge in [0.25, 0.3) is 0 Å². The van der Waals surface area contributed by atoms with E-state index < -0.39 is 0 Å². The van der Waals surface area contributed by atoms with E-state index in [9.17, 15) is 4.79 Å². The Bertz CT molecular complexity index is 234. The number of nitrogens with zero attached hydrogens (tertiary/aromatic N) is 3. The van der Waals surface area contributed by atoms with E-state index in [0.717, 1.165) is 19.5 Å². The lowest BCUT2D eigenvalue weighted by atomic mass is 10.5. The molecule has 0 N–H and O–H groups in total. The van der Waals surface area contributed by atoms with Crippen molar-refractivity contribution >= 4 is 12.7 Å². The van der Waals surface area contributed by atoms with Gasteiger partial charge in [-0.3, -0.25) is 14.8 Å². The van der Waals surface area contributed by atoms with E-state index in [1.165, 1.54) is 4.90 Å². The zero-order valence-electron chi connectivity index (χ0n) is 7.21. The van der Waals surface area contributed by atoms with Crippen molar-refractivity contribution in [3.8, 4) is 0 Å². The van der Waals surface area contributed by atoms with Crippen LogP contribution in [0.15, 0.2) is 35.6 Å². The molecule has 1 aliphatic rings. The minimum absolute atomic E-state index is 0.753. The average Bonchev–Trinajstić information content (AvgIpc) is 2.74. The van der Waals surface area contributed by atoms with E-state index in [2.05, 4.69) is 9.98 Å². The normalized spacial score (nSPS) is 13.4. The predicted octanol–water partition coefficient (Wildman–Crippen LogP) is 0.568. The molecule has 0 saturated heterocycles. The van der Waals surface area contributed by atoms with Crippen LogP contribution in [0.5, 0.6) is 0 Å². The predicted molar refractivity (Wildman–Crippen MR) is 50.4 cm³/mol. The lowest BCUT2D eigenvalue weighted by molar-refractivity contribution is -0.114. The van der Waals surface area contributed by atoms with Crippen LogP contribution in [0, 0.1) is 0 Å². The van der Waals surface area contributed by atoms with Gasteiger partial charge in [0, 0.05) is 18.9 Å². The summed E-state index contributed by atoms with van der Waals surface area (Å²) in [5.41, 5.74) is 0. The molecule has 0 bridgehead atoms. The Morgan fingerprint density at radius 1 is 1.23 bits per heavy atom. The summed E-state index contributed by atoms with van der Waals surface area (Å²) < 4.78 is 0. The minimum Gasteiger partial charge on any atom is -0.304 e. The molecule has 0 saturated carbocycles. The molecule has 1 aromatic rings. The van der Waals surface area contributed by atoms with Gasteiger partial charge in [-0.05, 0) is 12.1 Å². The van der Waals surface area contributed by atoms with Crippen LogP contribution < -0.4 is 0 Å². The Morgan fingerprint density at radius 3 is 2.23 bits per heavy atom. The van der Waals surface area contributed by atoms with Crippen molar-refractivity contribution in [1.29, 1.82) is 0 Å². The number of carbonyl (C=O) groups excluding carboxylic acids is 1. The highest BCUT2D eigenvalue weighted by atomic mass is 16.1. The number of aliphatic imine (C=N–C) groups is 1. The van der Waals surface area contributed by atoms with Gasteiger partial charge >= 0.3 is 0 Å². The van der Waals surface area contributed by atoms with E-state index in [-0.39, 0.29) is 0 Å². The molecule has 0 unspecified atom stereocenters. The third-order valence-electron chi connectivity index (χ3n) is 1.42. The summed E-state index contributed by atoms with van der Waals surface area (Å²) in [5.74, 6) is 0. The smallest absolute Gasteiger partial charge is 0.214 e. The Kier molecular flexibility index (Phi) is 4.24. The second kappa shape index (κ2) is 5.88. The van der Waals surface area contributed by atoms with Gasteiger partial charge in [-0.1, -0.05) is 6.07 Å². The maximum Gasteiger partial charge on any atom is 0.214 e. The molecule has 2 rings (SSSR count). The van der Waals surface area contributed by atoms with Crippen LogP contribution in [0.2, 0.25) is 0 Å². The molecule has 1 aromatic heterocycles. The summed E-state index contributed by atoms with van der Waals surface area (Å²) in [6, 6.07) is 5.72. The lowest BCUT2D eigenvalue weighted by Gasteiger charge is -1.97. The Morgan fingerprint density at radius 2 is 2.00 bits per heavy atom. The largest absolute Gasteiger partial charge is 0.304 e. The van der Waals surface area contributed by atoms with Crippen molar-refractivity contribution in [2.24, 2.45) is 4.99 Å².